The predicted octanol–water partition coefficient (Wildman–Crippen LogP) is 4.14. The molecule has 1 saturated heterocycles. The fourth-order valence-corrected chi connectivity index (χ4v) is 5.55. The zero-order valence-electron chi connectivity index (χ0n) is 16.5. The maximum atomic E-state index is 12.5. The van der Waals surface area contributed by atoms with E-state index in [1.807, 2.05) is 6.92 Å². The van der Waals surface area contributed by atoms with Crippen LogP contribution in [0.4, 0.5) is 0 Å². The minimum absolute atomic E-state index is 0.0679. The van der Waals surface area contributed by atoms with E-state index in [0.29, 0.717) is 24.2 Å². The summed E-state index contributed by atoms with van der Waals surface area (Å²) < 4.78 is 0. The molecule has 0 radical (unpaired) electrons. The second-order valence-electron chi connectivity index (χ2n) is 10.0. The van der Waals surface area contributed by atoms with Crippen molar-refractivity contribution >= 4 is 5.91 Å². The summed E-state index contributed by atoms with van der Waals surface area (Å²) in [6.07, 6.45) is 6.31. The van der Waals surface area contributed by atoms with Crippen molar-refractivity contribution in [2.75, 3.05) is 13.1 Å². The second kappa shape index (κ2) is 6.37. The first-order chi connectivity index (χ1) is 12.3. The first-order valence-electron chi connectivity index (χ1n) is 10.4. The van der Waals surface area contributed by atoms with Crippen molar-refractivity contribution in [2.24, 2.45) is 17.3 Å². The Bertz CT molecular complexity index is 679. The van der Waals surface area contributed by atoms with Crippen LogP contribution in [0.2, 0.25) is 0 Å². The summed E-state index contributed by atoms with van der Waals surface area (Å²) in [5.41, 5.74) is 2.70. The number of carbonyl (C=O) groups excluding carboxylic acids is 1. The Hall–Kier alpha value is -1.35. The first-order valence-corrected chi connectivity index (χ1v) is 10.4. The number of amides is 1. The summed E-state index contributed by atoms with van der Waals surface area (Å²) >= 11 is 0. The molecule has 1 aromatic rings. The van der Waals surface area contributed by atoms with Gasteiger partial charge in [-0.3, -0.25) is 4.79 Å². The van der Waals surface area contributed by atoms with Gasteiger partial charge in [0.15, 0.2) is 0 Å². The fraction of sp³-hybridized carbons (Fsp3) is 0.696. The van der Waals surface area contributed by atoms with Crippen molar-refractivity contribution in [2.45, 2.75) is 70.8 Å². The van der Waals surface area contributed by atoms with Crippen molar-refractivity contribution in [1.29, 1.82) is 0 Å². The van der Waals surface area contributed by atoms with Crippen LogP contribution in [-0.4, -0.2) is 34.6 Å². The molecular formula is C23H33NO2. The number of aliphatic hydroxyl groups is 1. The zero-order valence-corrected chi connectivity index (χ0v) is 16.5. The molecule has 1 N–H and O–H groups in total. The third-order valence-corrected chi connectivity index (χ3v) is 7.03. The Labute approximate surface area is 157 Å². The molecule has 0 unspecified atom stereocenters. The normalized spacial score (nSPS) is 32.6. The third kappa shape index (κ3) is 3.43. The van der Waals surface area contributed by atoms with Crippen LogP contribution < -0.4 is 0 Å². The van der Waals surface area contributed by atoms with Crippen LogP contribution in [0.25, 0.3) is 0 Å². The average Bonchev–Trinajstić information content (AvgIpc) is 2.95. The van der Waals surface area contributed by atoms with E-state index in [-0.39, 0.29) is 11.8 Å². The molecule has 3 aliphatic rings. The fourth-order valence-electron chi connectivity index (χ4n) is 5.55. The maximum absolute atomic E-state index is 12.5. The molecule has 0 aromatic heterocycles. The molecule has 1 atom stereocenters. The van der Waals surface area contributed by atoms with Crippen molar-refractivity contribution in [3.05, 3.63) is 35.4 Å². The minimum Gasteiger partial charge on any atom is -0.390 e. The van der Waals surface area contributed by atoms with Crippen LogP contribution >= 0.6 is 0 Å². The van der Waals surface area contributed by atoms with Crippen LogP contribution in [0.5, 0.6) is 0 Å². The number of nitrogens with zero attached hydrogens (tertiary/aromatic N) is 1. The number of rotatable bonds is 4. The number of hydrogen-bond acceptors (Lipinski definition) is 2. The Kier molecular flexibility index (Phi) is 4.42. The van der Waals surface area contributed by atoms with E-state index in [0.717, 1.165) is 19.0 Å². The SMILES string of the molecule is CC(C)c1cccc(C[C@H]2CCC3(C2)CN(C(=O)C2CC(C)(O)C2)C3)c1. The number of carbonyl (C=O) groups is 1. The smallest absolute Gasteiger partial charge is 0.225 e. The lowest BCUT2D eigenvalue weighted by molar-refractivity contribution is -0.161. The third-order valence-electron chi connectivity index (χ3n) is 7.03. The van der Waals surface area contributed by atoms with Crippen molar-refractivity contribution in [3.8, 4) is 0 Å². The Morgan fingerprint density at radius 1 is 1.27 bits per heavy atom. The lowest BCUT2D eigenvalue weighted by Gasteiger charge is -2.52. The second-order valence-corrected chi connectivity index (χ2v) is 10.0. The van der Waals surface area contributed by atoms with Gasteiger partial charge in [-0.15, -0.1) is 0 Å². The van der Waals surface area contributed by atoms with Gasteiger partial charge in [-0.2, -0.15) is 0 Å². The molecule has 1 aromatic carbocycles. The van der Waals surface area contributed by atoms with Crippen LogP contribution in [0.3, 0.4) is 0 Å². The van der Waals surface area contributed by atoms with Crippen LogP contribution in [0, 0.1) is 17.3 Å². The predicted molar refractivity (Wildman–Crippen MR) is 104 cm³/mol. The Balaban J connectivity index is 1.28. The van der Waals surface area contributed by atoms with Crippen molar-refractivity contribution in [1.82, 2.24) is 4.90 Å². The number of hydrogen-bond donors (Lipinski definition) is 1. The van der Waals surface area contributed by atoms with Crippen molar-refractivity contribution < 1.29 is 9.90 Å². The summed E-state index contributed by atoms with van der Waals surface area (Å²) in [5.74, 6) is 1.70. The summed E-state index contributed by atoms with van der Waals surface area (Å²) in [5, 5.41) is 9.87. The van der Waals surface area contributed by atoms with Gasteiger partial charge in [0.25, 0.3) is 0 Å². The topological polar surface area (TPSA) is 40.5 Å². The van der Waals surface area contributed by atoms with Gasteiger partial charge in [0.1, 0.15) is 0 Å². The molecule has 1 spiro atoms. The lowest BCUT2D eigenvalue weighted by atomic mass is 9.69. The summed E-state index contributed by atoms with van der Waals surface area (Å²) in [6, 6.07) is 9.09. The van der Waals surface area contributed by atoms with Gasteiger partial charge in [-0.1, -0.05) is 38.1 Å². The monoisotopic (exact) mass is 355 g/mol. The van der Waals surface area contributed by atoms with Crippen molar-refractivity contribution in [3.63, 3.8) is 0 Å². The van der Waals surface area contributed by atoms with E-state index >= 15 is 0 Å². The molecule has 3 nitrogen and oxygen atoms in total. The molecule has 26 heavy (non-hydrogen) atoms. The van der Waals surface area contributed by atoms with Gasteiger partial charge < -0.3 is 10.0 Å². The number of likely N-dealkylation sites (tertiary alicyclic amines) is 1. The van der Waals surface area contributed by atoms with Gasteiger partial charge in [-0.25, -0.2) is 0 Å². The molecule has 1 aliphatic heterocycles. The first kappa shape index (κ1) is 18.0. The Morgan fingerprint density at radius 3 is 2.65 bits per heavy atom. The highest BCUT2D eigenvalue weighted by Crippen LogP contribution is 2.50. The van der Waals surface area contributed by atoms with E-state index in [1.54, 1.807) is 0 Å². The molecule has 1 amide bonds. The minimum atomic E-state index is -0.605. The average molecular weight is 356 g/mol. The highest BCUT2D eigenvalue weighted by molar-refractivity contribution is 5.81. The van der Waals surface area contributed by atoms with Crippen LogP contribution in [0.15, 0.2) is 24.3 Å². The number of benzene rings is 1. The van der Waals surface area contributed by atoms with E-state index in [4.69, 9.17) is 0 Å². The van der Waals surface area contributed by atoms with Gasteiger partial charge in [0.05, 0.1) is 5.60 Å². The highest BCUT2D eigenvalue weighted by atomic mass is 16.3. The van der Waals surface area contributed by atoms with Gasteiger partial charge >= 0.3 is 0 Å². The van der Waals surface area contributed by atoms with Crippen LogP contribution in [0.1, 0.15) is 69.9 Å². The van der Waals surface area contributed by atoms with E-state index in [1.165, 1.54) is 36.8 Å². The molecule has 2 saturated carbocycles. The van der Waals surface area contributed by atoms with Gasteiger partial charge in [-0.05, 0) is 68.4 Å². The highest BCUT2D eigenvalue weighted by Gasteiger charge is 2.52. The van der Waals surface area contributed by atoms with Crippen LogP contribution in [-0.2, 0) is 11.2 Å². The van der Waals surface area contributed by atoms with E-state index in [9.17, 15) is 9.90 Å². The maximum Gasteiger partial charge on any atom is 0.225 e. The summed E-state index contributed by atoms with van der Waals surface area (Å²) in [6.45, 7) is 8.25. The standard InChI is InChI=1S/C23H33NO2/c1-16(2)19-6-4-5-17(10-19)9-18-7-8-23(11-18)14-24(15-23)21(25)20-12-22(3,26)13-20/h4-6,10,16,18,20,26H,7-9,11-15H2,1-3H3/t18-,20?,22?/m1/s1. The summed E-state index contributed by atoms with van der Waals surface area (Å²) in [4.78, 5) is 14.6. The molecule has 3 fully saturated rings. The molecule has 142 valence electrons. The molecule has 4 rings (SSSR count). The molecule has 1 heterocycles. The van der Waals surface area contributed by atoms with E-state index in [2.05, 4.69) is 43.0 Å². The Morgan fingerprint density at radius 2 is 2.00 bits per heavy atom. The quantitative estimate of drug-likeness (QED) is 0.882. The molecule has 2 aliphatic carbocycles. The van der Waals surface area contributed by atoms with E-state index < -0.39 is 5.60 Å². The molecular weight excluding hydrogens is 322 g/mol. The molecule has 3 heteroatoms. The van der Waals surface area contributed by atoms with Gasteiger partial charge in [0.2, 0.25) is 5.91 Å². The van der Waals surface area contributed by atoms with Gasteiger partial charge in [0, 0.05) is 24.4 Å². The largest absolute Gasteiger partial charge is 0.390 e. The summed E-state index contributed by atoms with van der Waals surface area (Å²) in [7, 11) is 0. The lowest BCUT2D eigenvalue weighted by Crippen LogP contribution is -2.61. The zero-order chi connectivity index (χ0) is 18.5. The molecule has 0 bridgehead atoms.